The molecule has 2 aromatic carbocycles. The zero-order valence-corrected chi connectivity index (χ0v) is 18.5. The molecule has 0 unspecified atom stereocenters. The Hall–Kier alpha value is -2.51. The lowest BCUT2D eigenvalue weighted by molar-refractivity contribution is -0.116. The van der Waals surface area contributed by atoms with Crippen LogP contribution in [-0.2, 0) is 17.6 Å². The molecule has 3 aromatic rings. The van der Waals surface area contributed by atoms with Crippen molar-refractivity contribution in [2.45, 2.75) is 49.6 Å². The van der Waals surface area contributed by atoms with E-state index in [2.05, 4.69) is 34.8 Å². The topological polar surface area (TPSA) is 71.8 Å². The summed E-state index contributed by atoms with van der Waals surface area (Å²) in [6.07, 6.45) is 2.74. The summed E-state index contributed by atoms with van der Waals surface area (Å²) in [6.45, 7) is 4.21. The molecular weight excluding hydrogens is 418 g/mol. The first kappa shape index (κ1) is 20.8. The number of amides is 1. The Kier molecular flexibility index (Phi) is 6.29. The number of benzene rings is 2. The van der Waals surface area contributed by atoms with Crippen LogP contribution in [0.4, 0.5) is 5.69 Å². The van der Waals surface area contributed by atoms with E-state index in [0.29, 0.717) is 10.2 Å². The van der Waals surface area contributed by atoms with Crippen molar-refractivity contribution in [3.63, 3.8) is 0 Å². The summed E-state index contributed by atoms with van der Waals surface area (Å²) in [5.41, 5.74) is 6.47. The molecular formula is C22H24ClN5OS. The minimum Gasteiger partial charge on any atom is -0.325 e. The number of nitrogens with one attached hydrogen (secondary N) is 2. The molecule has 0 spiro atoms. The number of hydrogen-bond donors (Lipinski definition) is 2. The minimum absolute atomic E-state index is 0.0806. The first-order valence-electron chi connectivity index (χ1n) is 10.1. The molecule has 1 aliphatic heterocycles. The zero-order chi connectivity index (χ0) is 21.1. The quantitative estimate of drug-likeness (QED) is 0.572. The van der Waals surface area contributed by atoms with E-state index < -0.39 is 5.25 Å². The molecule has 1 aromatic heterocycles. The molecule has 0 saturated heterocycles. The van der Waals surface area contributed by atoms with Gasteiger partial charge >= 0.3 is 0 Å². The monoisotopic (exact) mass is 441 g/mol. The van der Waals surface area contributed by atoms with Crippen LogP contribution < -0.4 is 10.7 Å². The Bertz CT molecular complexity index is 1020. The van der Waals surface area contributed by atoms with E-state index in [-0.39, 0.29) is 11.9 Å². The van der Waals surface area contributed by atoms with E-state index >= 15 is 0 Å². The number of carbonyl (C=O) groups is 1. The van der Waals surface area contributed by atoms with E-state index in [1.54, 1.807) is 0 Å². The first-order valence-corrected chi connectivity index (χ1v) is 11.4. The molecule has 1 amide bonds. The predicted molar refractivity (Wildman–Crippen MR) is 122 cm³/mol. The van der Waals surface area contributed by atoms with Gasteiger partial charge in [-0.05, 0) is 48.2 Å². The van der Waals surface area contributed by atoms with Gasteiger partial charge in [-0.15, -0.1) is 10.2 Å². The molecule has 4 rings (SSSR count). The van der Waals surface area contributed by atoms with Gasteiger partial charge in [-0.1, -0.05) is 61.5 Å². The van der Waals surface area contributed by atoms with Crippen LogP contribution in [0.2, 0.25) is 5.02 Å². The number of rotatable bonds is 6. The average Bonchev–Trinajstić information content (AvgIpc) is 3.16. The zero-order valence-electron chi connectivity index (χ0n) is 16.9. The van der Waals surface area contributed by atoms with E-state index in [1.807, 2.05) is 53.2 Å². The number of carbonyl (C=O) groups excluding carboxylic acids is 1. The standard InChI is InChI=1S/C22H24ClN5OS/c1-3-5-18-25-26-22-28(18)27-19(15-8-10-16(23)11-9-15)20(30-22)21(29)24-17-12-6-14(4-2)7-13-17/h6-13,19-20,27H,3-5H2,1-2H3,(H,24,29)/t19-,20-/m1/s1. The highest BCUT2D eigenvalue weighted by Crippen LogP contribution is 2.38. The lowest BCUT2D eigenvalue weighted by atomic mass is 10.0. The van der Waals surface area contributed by atoms with Gasteiger partial charge in [-0.2, -0.15) is 0 Å². The van der Waals surface area contributed by atoms with Gasteiger partial charge in [0.2, 0.25) is 11.1 Å². The van der Waals surface area contributed by atoms with Gasteiger partial charge in [-0.25, -0.2) is 4.68 Å². The molecule has 2 N–H and O–H groups in total. The minimum atomic E-state index is -0.414. The molecule has 0 radical (unpaired) electrons. The Morgan fingerprint density at radius 2 is 1.87 bits per heavy atom. The van der Waals surface area contributed by atoms with Crippen molar-refractivity contribution in [1.82, 2.24) is 14.9 Å². The molecule has 0 aliphatic carbocycles. The van der Waals surface area contributed by atoms with Crippen molar-refractivity contribution in [2.75, 3.05) is 10.7 Å². The molecule has 0 saturated carbocycles. The number of halogens is 1. The number of thioether (sulfide) groups is 1. The summed E-state index contributed by atoms with van der Waals surface area (Å²) in [6, 6.07) is 15.3. The largest absolute Gasteiger partial charge is 0.325 e. The summed E-state index contributed by atoms with van der Waals surface area (Å²) in [7, 11) is 0. The average molecular weight is 442 g/mol. The number of fused-ring (bicyclic) bond motifs is 1. The number of hydrogen-bond acceptors (Lipinski definition) is 5. The third kappa shape index (κ3) is 4.32. The molecule has 6 nitrogen and oxygen atoms in total. The van der Waals surface area contributed by atoms with Crippen LogP contribution in [0.25, 0.3) is 0 Å². The van der Waals surface area contributed by atoms with Crippen LogP contribution in [0, 0.1) is 0 Å². The lowest BCUT2D eigenvalue weighted by Crippen LogP contribution is -2.41. The molecule has 30 heavy (non-hydrogen) atoms. The highest BCUT2D eigenvalue weighted by molar-refractivity contribution is 8.00. The first-order chi connectivity index (χ1) is 14.6. The van der Waals surface area contributed by atoms with Gasteiger partial charge in [-0.3, -0.25) is 4.79 Å². The smallest absolute Gasteiger partial charge is 0.240 e. The third-order valence-corrected chi connectivity index (χ3v) is 6.56. The van der Waals surface area contributed by atoms with Gasteiger partial charge in [0.05, 0.1) is 6.04 Å². The summed E-state index contributed by atoms with van der Waals surface area (Å²) < 4.78 is 1.91. The van der Waals surface area contributed by atoms with Gasteiger partial charge in [0.15, 0.2) is 5.82 Å². The second-order valence-electron chi connectivity index (χ2n) is 7.22. The summed E-state index contributed by atoms with van der Waals surface area (Å²) in [4.78, 5) is 13.3. The van der Waals surface area contributed by atoms with Crippen molar-refractivity contribution in [2.24, 2.45) is 0 Å². The number of aromatic nitrogens is 3. The third-order valence-electron chi connectivity index (χ3n) is 5.09. The molecule has 2 atom stereocenters. The maximum atomic E-state index is 13.3. The second kappa shape index (κ2) is 9.10. The van der Waals surface area contributed by atoms with Crippen molar-refractivity contribution < 1.29 is 4.79 Å². The highest BCUT2D eigenvalue weighted by atomic mass is 35.5. The fourth-order valence-electron chi connectivity index (χ4n) is 3.44. The van der Waals surface area contributed by atoms with E-state index in [4.69, 9.17) is 11.6 Å². The molecule has 2 heterocycles. The van der Waals surface area contributed by atoms with Crippen LogP contribution in [0.5, 0.6) is 0 Å². The molecule has 0 fully saturated rings. The van der Waals surface area contributed by atoms with Crippen LogP contribution in [-0.4, -0.2) is 26.0 Å². The SMILES string of the molecule is CCCc1nnc2n1N[C@H](c1ccc(Cl)cc1)[C@H](C(=O)Nc1ccc(CC)cc1)S2. The second-order valence-corrected chi connectivity index (χ2v) is 8.77. The van der Waals surface area contributed by atoms with Crippen molar-refractivity contribution >= 4 is 35.0 Å². The number of nitrogens with zero attached hydrogens (tertiary/aromatic N) is 3. The maximum Gasteiger partial charge on any atom is 0.240 e. The fraction of sp³-hybridized carbons (Fsp3) is 0.318. The van der Waals surface area contributed by atoms with Gasteiger partial charge < -0.3 is 10.7 Å². The van der Waals surface area contributed by atoms with Crippen molar-refractivity contribution in [1.29, 1.82) is 0 Å². The fourth-order valence-corrected chi connectivity index (χ4v) is 4.67. The highest BCUT2D eigenvalue weighted by Gasteiger charge is 2.37. The Morgan fingerprint density at radius 3 is 2.53 bits per heavy atom. The van der Waals surface area contributed by atoms with Gasteiger partial charge in [0.25, 0.3) is 0 Å². The summed E-state index contributed by atoms with van der Waals surface area (Å²) in [5, 5.41) is 12.6. The molecule has 156 valence electrons. The maximum absolute atomic E-state index is 13.3. The van der Waals surface area contributed by atoms with E-state index in [1.165, 1.54) is 17.3 Å². The predicted octanol–water partition coefficient (Wildman–Crippen LogP) is 4.84. The van der Waals surface area contributed by atoms with E-state index in [0.717, 1.165) is 36.3 Å². The normalized spacial score (nSPS) is 17.8. The summed E-state index contributed by atoms with van der Waals surface area (Å²) >= 11 is 7.51. The van der Waals surface area contributed by atoms with E-state index in [9.17, 15) is 4.79 Å². The Labute approximate surface area is 185 Å². The van der Waals surface area contributed by atoms with Crippen LogP contribution in [0.3, 0.4) is 0 Å². The van der Waals surface area contributed by atoms with Gasteiger partial charge in [0.1, 0.15) is 5.25 Å². The lowest BCUT2D eigenvalue weighted by Gasteiger charge is -2.33. The molecule has 0 bridgehead atoms. The van der Waals surface area contributed by atoms with Crippen LogP contribution in [0.1, 0.15) is 43.3 Å². The molecule has 8 heteroatoms. The molecule has 1 aliphatic rings. The Morgan fingerprint density at radius 1 is 1.13 bits per heavy atom. The van der Waals surface area contributed by atoms with Gasteiger partial charge in [0, 0.05) is 17.1 Å². The van der Waals surface area contributed by atoms with Crippen molar-refractivity contribution in [3.05, 3.63) is 70.5 Å². The van der Waals surface area contributed by atoms with Crippen LogP contribution >= 0.6 is 23.4 Å². The van der Waals surface area contributed by atoms with Crippen molar-refractivity contribution in [3.8, 4) is 0 Å². The van der Waals surface area contributed by atoms with Crippen LogP contribution in [0.15, 0.2) is 53.7 Å². The number of anilines is 1. The Balaban J connectivity index is 1.63. The summed E-state index contributed by atoms with van der Waals surface area (Å²) in [5.74, 6) is 0.788. The number of aryl methyl sites for hydroxylation is 2.